The molecule has 8 aromatic carbocycles. The summed E-state index contributed by atoms with van der Waals surface area (Å²) in [6, 6.07) is 89.1. The van der Waals surface area contributed by atoms with E-state index >= 15 is 0 Å². The summed E-state index contributed by atoms with van der Waals surface area (Å²) >= 11 is 0. The first-order valence-corrected chi connectivity index (χ1v) is 28.7. The van der Waals surface area contributed by atoms with Crippen molar-refractivity contribution in [1.29, 1.82) is 0 Å². The second kappa shape index (κ2) is 34.5. The number of benzene rings is 8. The summed E-state index contributed by atoms with van der Waals surface area (Å²) in [6.45, 7) is 3.06. The van der Waals surface area contributed by atoms with E-state index < -0.39 is 31.7 Å². The Morgan fingerprint density at radius 3 is 0.485 bits per heavy atom. The minimum atomic E-state index is -0.742. The second-order valence-electron chi connectivity index (χ2n) is 15.5. The Kier molecular flexibility index (Phi) is 31.0. The van der Waals surface area contributed by atoms with Crippen molar-refractivity contribution in [2.24, 2.45) is 0 Å². The van der Waals surface area contributed by atoms with Crippen molar-refractivity contribution >= 4 is 107 Å². The fourth-order valence-corrected chi connectivity index (χ4v) is 19.0. The van der Waals surface area contributed by atoms with Crippen LogP contribution >= 0.6 is 31.7 Å². The molecule has 8 aromatic rings. The van der Waals surface area contributed by atoms with Crippen LogP contribution < -0.4 is 42.4 Å². The predicted octanol–water partition coefficient (Wildman–Crippen LogP) is 10.8. The third kappa shape index (κ3) is 20.1. The second-order valence-corrected chi connectivity index (χ2v) is 25.9. The van der Waals surface area contributed by atoms with Crippen LogP contribution in [0.1, 0.15) is 26.7 Å². The van der Waals surface area contributed by atoms with E-state index in [9.17, 15) is 4.79 Å². The van der Waals surface area contributed by atoms with Crippen LogP contribution in [0.5, 0.6) is 0 Å². The molecular weight excluding hydrogens is 1280 g/mol. The summed E-state index contributed by atoms with van der Waals surface area (Å²) in [6.07, 6.45) is 7.68. The molecule has 0 saturated carbocycles. The van der Waals surface area contributed by atoms with Crippen LogP contribution in [-0.2, 0) is 73.9 Å². The predicted molar refractivity (Wildman–Crippen MR) is 302 cm³/mol. The number of rotatable bonds is 16. The molecule has 344 valence electrons. The molecule has 0 bridgehead atoms. The van der Waals surface area contributed by atoms with Gasteiger partial charge in [0.1, 0.15) is 5.78 Å². The maximum Gasteiger partial charge on any atom is 2.00 e. The van der Waals surface area contributed by atoms with Crippen molar-refractivity contribution < 1.29 is 46.9 Å². The van der Waals surface area contributed by atoms with E-state index in [1.807, 2.05) is 0 Å². The number of hydrogen-bond acceptors (Lipinski definition) is 1. The molecule has 1 nitrogen and oxygen atoms in total. The van der Waals surface area contributed by atoms with Gasteiger partial charge in [-0.1, -0.05) is 146 Å². The zero-order valence-electron chi connectivity index (χ0n) is 37.7. The van der Waals surface area contributed by atoms with Gasteiger partial charge in [0.15, 0.2) is 0 Å². The van der Waals surface area contributed by atoms with Crippen LogP contribution in [0, 0.1) is 0 Å². The van der Waals surface area contributed by atoms with Gasteiger partial charge in [0.05, 0.1) is 98.8 Å². The van der Waals surface area contributed by atoms with Gasteiger partial charge < -0.3 is 31.8 Å². The van der Waals surface area contributed by atoms with Gasteiger partial charge in [0, 0.05) is 12.8 Å². The Morgan fingerprint density at radius 2 is 0.379 bits per heavy atom. The molecule has 0 N–H and O–H groups in total. The Bertz CT molecular complexity index is 1920. The minimum Gasteiger partial charge on any atom is -2.00 e. The Labute approximate surface area is 443 Å². The van der Waals surface area contributed by atoms with Crippen molar-refractivity contribution in [1.82, 2.24) is 0 Å². The average Bonchev–Trinajstić information content (AvgIpc) is 3.34. The summed E-state index contributed by atoms with van der Waals surface area (Å²) in [5, 5.41) is 12.2. The van der Waals surface area contributed by atoms with Crippen molar-refractivity contribution in [3.05, 3.63) is 243 Å². The van der Waals surface area contributed by atoms with Crippen LogP contribution in [0.3, 0.4) is 0 Å². The molecule has 8 rings (SSSR count). The Hall–Kier alpha value is -2.77. The third-order valence-corrected chi connectivity index (χ3v) is 22.3. The topological polar surface area (TPSA) is 17.1 Å². The summed E-state index contributed by atoms with van der Waals surface area (Å²) in [7, 11) is -2.97. The number of ketones is 1. The van der Waals surface area contributed by atoms with Crippen LogP contribution in [0.25, 0.3) is 0 Å². The minimum absolute atomic E-state index is 0. The molecule has 0 aliphatic rings. The number of hydrogen-bond donors (Lipinski definition) is 0. The molecular formula is C57H62OP4Pt2S2+4. The van der Waals surface area contributed by atoms with Gasteiger partial charge in [-0.15, -0.1) is 0 Å². The fraction of sp³-hybridized carbons (Fsp3) is 0.140. The van der Waals surface area contributed by atoms with Crippen molar-refractivity contribution in [3.8, 4) is 0 Å². The van der Waals surface area contributed by atoms with Gasteiger partial charge in [-0.25, -0.2) is 0 Å². The Balaban J connectivity index is 0.000000397. The van der Waals surface area contributed by atoms with Crippen LogP contribution in [0.2, 0.25) is 0 Å². The molecule has 0 spiro atoms. The summed E-state index contributed by atoms with van der Waals surface area (Å²) in [4.78, 5) is 9.44. The molecule has 0 atom stereocenters. The van der Waals surface area contributed by atoms with E-state index in [4.69, 9.17) is 0 Å². The maximum atomic E-state index is 9.44. The third-order valence-electron chi connectivity index (χ3n) is 10.7. The van der Waals surface area contributed by atoms with Crippen LogP contribution in [0.15, 0.2) is 243 Å². The van der Waals surface area contributed by atoms with E-state index in [1.165, 1.54) is 93.8 Å². The standard InChI is InChI=1S/2C27H26P2.C3H6O.2Pt.2S/c2*1-5-14-24(15-6-1)28(25-16-7-2-8-17-25)22-13-23-29(26-18-9-3-10-19-26)27-20-11-4-12-21-27;1-3(2)4;;;;/h2*1-12,14-21H,13,22-23H2;1-2H3;;;;/q;;;2*+2;2*-2/p+4. The van der Waals surface area contributed by atoms with Crippen molar-refractivity contribution in [2.75, 3.05) is 24.6 Å². The number of carbonyl (C=O) groups is 1. The van der Waals surface area contributed by atoms with E-state index in [-0.39, 0.29) is 74.9 Å². The first kappa shape index (κ1) is 59.4. The van der Waals surface area contributed by atoms with Gasteiger partial charge >= 0.3 is 42.1 Å². The molecule has 0 unspecified atom stereocenters. The fourth-order valence-electron chi connectivity index (χ4n) is 7.82. The molecule has 66 heavy (non-hydrogen) atoms. The quantitative estimate of drug-likeness (QED) is 0.0882. The first-order chi connectivity index (χ1) is 30.6. The first-order valence-electron chi connectivity index (χ1n) is 21.9. The largest absolute Gasteiger partial charge is 2.00 e. The number of Topliss-reactive ketones (excluding diaryl/α,β-unsaturated/α-hetero) is 1. The van der Waals surface area contributed by atoms with Crippen LogP contribution in [-0.4, -0.2) is 30.4 Å². The maximum absolute atomic E-state index is 9.44. The molecule has 0 amide bonds. The summed E-state index contributed by atoms with van der Waals surface area (Å²) < 4.78 is 0. The molecule has 0 heterocycles. The van der Waals surface area contributed by atoms with Crippen molar-refractivity contribution in [2.45, 2.75) is 26.7 Å². The van der Waals surface area contributed by atoms with E-state index in [2.05, 4.69) is 243 Å². The molecule has 0 fully saturated rings. The Morgan fingerprint density at radius 1 is 0.273 bits per heavy atom. The zero-order valence-corrected chi connectivity index (χ0v) is 47.9. The summed E-state index contributed by atoms with van der Waals surface area (Å²) in [5.41, 5.74) is 0. The molecule has 0 aliphatic heterocycles. The monoisotopic (exact) mass is 1340 g/mol. The molecule has 0 aliphatic carbocycles. The molecule has 0 aromatic heterocycles. The molecule has 9 heteroatoms. The molecule has 0 saturated heterocycles. The van der Waals surface area contributed by atoms with Crippen LogP contribution in [0.4, 0.5) is 0 Å². The molecule has 0 radical (unpaired) electrons. The van der Waals surface area contributed by atoms with Gasteiger partial charge in [0.25, 0.3) is 0 Å². The van der Waals surface area contributed by atoms with Gasteiger partial charge in [-0.2, -0.15) is 0 Å². The van der Waals surface area contributed by atoms with Gasteiger partial charge in [0.2, 0.25) is 0 Å². The summed E-state index contributed by atoms with van der Waals surface area (Å²) in [5.74, 6) is 0.167. The van der Waals surface area contributed by atoms with Gasteiger partial charge in [-0.05, 0) is 111 Å². The van der Waals surface area contributed by atoms with Gasteiger partial charge in [-0.3, -0.25) is 0 Å². The smallest absolute Gasteiger partial charge is 2.00 e. The van der Waals surface area contributed by atoms with E-state index in [0.29, 0.717) is 0 Å². The number of carbonyl (C=O) groups excluding carboxylic acids is 1. The van der Waals surface area contributed by atoms with E-state index in [0.717, 1.165) is 0 Å². The van der Waals surface area contributed by atoms with E-state index in [1.54, 1.807) is 0 Å². The average molecular weight is 1340 g/mol. The van der Waals surface area contributed by atoms with Crippen molar-refractivity contribution in [3.63, 3.8) is 0 Å². The SMILES string of the molecule is CC(C)=O.[Pt+2].[Pt+2].[S-2].[S-2].c1ccc([PH+](CCC[PH+](c2ccccc2)c2ccccc2)c2ccccc2)cc1.c1ccc([PH+](CCC[PH+](c2ccccc2)c2ccccc2)c2ccccc2)cc1. The normalized spacial score (nSPS) is 10.2. The zero-order chi connectivity index (χ0) is 43.0.